The lowest BCUT2D eigenvalue weighted by Crippen LogP contribution is -2.93. The van der Waals surface area contributed by atoms with Crippen LogP contribution < -0.4 is 41.5 Å². The fourth-order valence-electron chi connectivity index (χ4n) is 6.66. The minimum Gasteiger partial charge on any atom is -0.265 e. The van der Waals surface area contributed by atoms with Crippen molar-refractivity contribution in [1.29, 1.82) is 0 Å². The normalized spacial score (nSPS) is 14.7. The second-order valence-electron chi connectivity index (χ2n) is 9.81. The van der Waals surface area contributed by atoms with Crippen LogP contribution in [-0.2, 0) is 0 Å². The van der Waals surface area contributed by atoms with Crippen LogP contribution in [0.3, 0.4) is 0 Å². The quantitative estimate of drug-likeness (QED) is 0.331. The van der Waals surface area contributed by atoms with Crippen molar-refractivity contribution in [3.63, 3.8) is 0 Å². The molecule has 7 rings (SSSR count). The van der Waals surface area contributed by atoms with Gasteiger partial charge >= 0.3 is 0 Å². The second-order valence-corrected chi connectivity index (χ2v) is 17.3. The number of hydrogen-bond donors (Lipinski definition) is 0. The summed E-state index contributed by atoms with van der Waals surface area (Å²) in [4.78, 5) is 9.61. The van der Waals surface area contributed by atoms with Gasteiger partial charge in [0.1, 0.15) is 0 Å². The molecule has 0 saturated carbocycles. The summed E-state index contributed by atoms with van der Waals surface area (Å²) >= 11 is 0. The summed E-state index contributed by atoms with van der Waals surface area (Å²) in [5, 5.41) is 11.1. The van der Waals surface area contributed by atoms with Gasteiger partial charge in [-0.05, 0) is 53.6 Å². The van der Waals surface area contributed by atoms with E-state index in [2.05, 4.69) is 146 Å². The van der Waals surface area contributed by atoms with E-state index in [-0.39, 0.29) is 0 Å². The Morgan fingerprint density at radius 1 is 0.316 bits per heavy atom. The van der Waals surface area contributed by atoms with Crippen molar-refractivity contribution in [3.8, 4) is 0 Å². The van der Waals surface area contributed by atoms with E-state index in [4.69, 9.17) is 9.97 Å². The number of hydrogen-bond acceptors (Lipinski definition) is 2. The molecule has 2 aromatic heterocycles. The van der Waals surface area contributed by atoms with Crippen LogP contribution in [0.15, 0.2) is 158 Å². The fourth-order valence-corrected chi connectivity index (χ4v) is 18.5. The number of aromatic nitrogens is 2. The molecule has 2 nitrogen and oxygen atoms in total. The van der Waals surface area contributed by atoms with Gasteiger partial charge in [-0.2, -0.15) is 0 Å². The molecule has 0 radical (unpaired) electrons. The first-order chi connectivity index (χ1) is 18.9. The molecular formula is C34H26N2Si2. The summed E-state index contributed by atoms with van der Waals surface area (Å²) in [5.74, 6) is 0. The van der Waals surface area contributed by atoms with Crippen LogP contribution >= 0.6 is 0 Å². The summed E-state index contributed by atoms with van der Waals surface area (Å²) in [5.41, 5.74) is 0. The average molecular weight is 519 g/mol. The highest BCUT2D eigenvalue weighted by molar-refractivity contribution is 7.32. The zero-order valence-corrected chi connectivity index (χ0v) is 22.9. The summed E-state index contributed by atoms with van der Waals surface area (Å²) < 4.78 is 0. The Morgan fingerprint density at radius 2 is 0.605 bits per heavy atom. The number of fused-ring (bicyclic) bond motifs is 2. The van der Waals surface area contributed by atoms with E-state index in [0.29, 0.717) is 0 Å². The van der Waals surface area contributed by atoms with E-state index in [1.807, 2.05) is 12.4 Å². The Balaban J connectivity index is 1.73. The van der Waals surface area contributed by atoms with Gasteiger partial charge in [-0.3, -0.25) is 9.97 Å². The number of rotatable bonds is 4. The first kappa shape index (κ1) is 22.8. The molecule has 0 spiro atoms. The SMILES string of the molecule is c1ccc([Si]2(c3ccccc3)c3ccncc3[Si](c3ccccc3)(c3ccccc3)c3cnccc32)cc1. The molecule has 0 bridgehead atoms. The van der Waals surface area contributed by atoms with E-state index in [0.717, 1.165) is 0 Å². The first-order valence-corrected chi connectivity index (χ1v) is 17.0. The number of pyridine rings is 2. The van der Waals surface area contributed by atoms with Crippen LogP contribution in [0.25, 0.3) is 0 Å². The van der Waals surface area contributed by atoms with E-state index >= 15 is 0 Å². The fraction of sp³-hybridized carbons (Fsp3) is 0. The Morgan fingerprint density at radius 3 is 0.921 bits per heavy atom. The molecule has 4 aromatic carbocycles. The third-order valence-electron chi connectivity index (χ3n) is 8.09. The molecule has 0 saturated heterocycles. The Bertz CT molecular complexity index is 1450. The lowest BCUT2D eigenvalue weighted by atomic mass is 10.3. The summed E-state index contributed by atoms with van der Waals surface area (Å²) in [6, 6.07) is 49.1. The Labute approximate surface area is 225 Å². The van der Waals surface area contributed by atoms with Crippen molar-refractivity contribution in [3.05, 3.63) is 158 Å². The minimum absolute atomic E-state index is 1.36. The zero-order chi connectivity index (χ0) is 25.4. The second kappa shape index (κ2) is 9.17. The molecule has 1 aliphatic heterocycles. The third-order valence-corrected chi connectivity index (χ3v) is 18.3. The Kier molecular flexibility index (Phi) is 5.50. The van der Waals surface area contributed by atoms with Crippen LogP contribution in [0.1, 0.15) is 0 Å². The molecule has 0 amide bonds. The van der Waals surface area contributed by atoms with Crippen molar-refractivity contribution in [2.24, 2.45) is 0 Å². The highest BCUT2D eigenvalue weighted by atomic mass is 28.3. The van der Waals surface area contributed by atoms with Gasteiger partial charge in [0.05, 0.1) is 0 Å². The first-order valence-electron chi connectivity index (χ1n) is 13.0. The topological polar surface area (TPSA) is 25.8 Å². The van der Waals surface area contributed by atoms with E-state index in [1.165, 1.54) is 41.5 Å². The highest BCUT2D eigenvalue weighted by Crippen LogP contribution is 2.17. The maximum atomic E-state index is 4.81. The number of benzene rings is 4. The predicted octanol–water partition coefficient (Wildman–Crippen LogP) is 1.54. The standard InChI is InChI=1S/C34H26N2Si2/c1-5-13-27(14-6-1)37(28-15-7-2-8-16-28)31-21-23-35-25-33(31)38(29-17-9-3-10-18-29,30-19-11-4-12-20-30)34-26-36-24-22-32(34)37/h1-26H. The molecule has 6 aromatic rings. The lowest BCUT2D eigenvalue weighted by molar-refractivity contribution is 1.34. The van der Waals surface area contributed by atoms with Crippen LogP contribution in [-0.4, -0.2) is 26.1 Å². The summed E-state index contributed by atoms with van der Waals surface area (Å²) in [6.07, 6.45) is 8.33. The smallest absolute Gasteiger partial charge is 0.182 e. The van der Waals surface area contributed by atoms with Gasteiger partial charge in [-0.1, -0.05) is 121 Å². The molecule has 0 N–H and O–H groups in total. The molecule has 180 valence electrons. The zero-order valence-electron chi connectivity index (χ0n) is 20.9. The maximum absolute atomic E-state index is 4.81. The molecule has 0 atom stereocenters. The predicted molar refractivity (Wildman–Crippen MR) is 163 cm³/mol. The lowest BCUT2D eigenvalue weighted by Gasteiger charge is -2.48. The van der Waals surface area contributed by atoms with Crippen molar-refractivity contribution < 1.29 is 0 Å². The van der Waals surface area contributed by atoms with E-state index in [9.17, 15) is 0 Å². The number of nitrogens with zero attached hydrogens (tertiary/aromatic N) is 2. The van der Waals surface area contributed by atoms with Gasteiger partial charge in [0.25, 0.3) is 0 Å². The monoisotopic (exact) mass is 518 g/mol. The van der Waals surface area contributed by atoms with Gasteiger partial charge in [0, 0.05) is 24.8 Å². The van der Waals surface area contributed by atoms with E-state index < -0.39 is 16.1 Å². The van der Waals surface area contributed by atoms with Gasteiger partial charge in [-0.25, -0.2) is 0 Å². The molecule has 38 heavy (non-hydrogen) atoms. The molecular weight excluding hydrogens is 493 g/mol. The molecule has 3 heterocycles. The minimum atomic E-state index is -2.72. The largest absolute Gasteiger partial charge is 0.265 e. The molecule has 0 fully saturated rings. The van der Waals surface area contributed by atoms with Crippen LogP contribution in [0.4, 0.5) is 0 Å². The van der Waals surface area contributed by atoms with Crippen molar-refractivity contribution in [2.45, 2.75) is 0 Å². The highest BCUT2D eigenvalue weighted by Gasteiger charge is 2.56. The van der Waals surface area contributed by atoms with Gasteiger partial charge in [0.2, 0.25) is 0 Å². The maximum Gasteiger partial charge on any atom is 0.182 e. The molecule has 0 unspecified atom stereocenters. The van der Waals surface area contributed by atoms with Crippen molar-refractivity contribution in [1.82, 2.24) is 9.97 Å². The van der Waals surface area contributed by atoms with Crippen LogP contribution in [0.2, 0.25) is 0 Å². The van der Waals surface area contributed by atoms with Crippen molar-refractivity contribution in [2.75, 3.05) is 0 Å². The molecule has 1 aliphatic rings. The van der Waals surface area contributed by atoms with Crippen molar-refractivity contribution >= 4 is 57.6 Å². The van der Waals surface area contributed by atoms with Crippen LogP contribution in [0, 0.1) is 0 Å². The van der Waals surface area contributed by atoms with Gasteiger partial charge in [-0.15, -0.1) is 0 Å². The van der Waals surface area contributed by atoms with Gasteiger partial charge in [0.15, 0.2) is 16.1 Å². The molecule has 4 heteroatoms. The summed E-state index contributed by atoms with van der Waals surface area (Å²) in [6.45, 7) is 0. The van der Waals surface area contributed by atoms with E-state index in [1.54, 1.807) is 0 Å². The van der Waals surface area contributed by atoms with Crippen LogP contribution in [0.5, 0.6) is 0 Å². The third kappa shape index (κ3) is 3.11. The summed E-state index contributed by atoms with van der Waals surface area (Å²) in [7, 11) is -5.40. The average Bonchev–Trinajstić information content (AvgIpc) is 3.02. The Hall–Kier alpha value is -4.39. The van der Waals surface area contributed by atoms with Gasteiger partial charge < -0.3 is 0 Å². The molecule has 0 aliphatic carbocycles.